The van der Waals surface area contributed by atoms with Crippen LogP contribution in [0.3, 0.4) is 0 Å². The van der Waals surface area contributed by atoms with Crippen LogP contribution in [0.25, 0.3) is 43.6 Å². The number of rotatable bonds is 3. The number of hydrogen-bond donors (Lipinski definition) is 1. The van der Waals surface area contributed by atoms with E-state index in [1.807, 2.05) is 76.2 Å². The smallest absolute Gasteiger partial charge is 0.330 e. The SMILES string of the molecule is CO[C@H]1[C@@H](N(C)OC(=O)C(C)(C)C)C[C@@H]2O[C@@]1(C)n1c3ccccc3c3c4c(c5c6ccccc6n2c5c31)C(=O)NC4=O. The van der Waals surface area contributed by atoms with Crippen molar-refractivity contribution >= 4 is 61.4 Å². The van der Waals surface area contributed by atoms with Crippen molar-refractivity contribution in [2.45, 2.75) is 58.2 Å². The number of fused-ring (bicyclic) bond motifs is 13. The zero-order chi connectivity index (χ0) is 30.2. The normalized spacial score (nSPS) is 24.9. The molecule has 0 spiro atoms. The Morgan fingerprint density at radius 2 is 1.56 bits per heavy atom. The lowest BCUT2D eigenvalue weighted by Gasteiger charge is -2.50. The predicted molar refractivity (Wildman–Crippen MR) is 161 cm³/mol. The second kappa shape index (κ2) is 8.43. The maximum atomic E-state index is 13.5. The minimum atomic E-state index is -1.10. The Labute approximate surface area is 247 Å². The topological polar surface area (TPSA) is 104 Å². The van der Waals surface area contributed by atoms with Crippen LogP contribution in [-0.4, -0.2) is 58.3 Å². The number of nitrogens with one attached hydrogen (secondary N) is 1. The summed E-state index contributed by atoms with van der Waals surface area (Å²) < 4.78 is 17.7. The Morgan fingerprint density at radius 3 is 2.19 bits per heavy atom. The van der Waals surface area contributed by atoms with E-state index in [1.54, 1.807) is 19.2 Å². The fraction of sp³-hybridized carbons (Fsp3) is 0.364. The lowest BCUT2D eigenvalue weighted by molar-refractivity contribution is -0.298. The lowest BCUT2D eigenvalue weighted by atomic mass is 9.92. The molecule has 0 unspecified atom stereocenters. The predicted octanol–water partition coefficient (Wildman–Crippen LogP) is 5.21. The van der Waals surface area contributed by atoms with E-state index < -0.39 is 41.3 Å². The molecule has 2 bridgehead atoms. The fourth-order valence-corrected chi connectivity index (χ4v) is 7.62. The number of likely N-dealkylation sites (N-methyl/N-ethyl adjacent to an activating group) is 1. The minimum Gasteiger partial charge on any atom is -0.375 e. The van der Waals surface area contributed by atoms with Crippen molar-refractivity contribution in [1.29, 1.82) is 0 Å². The molecule has 5 aromatic rings. The molecule has 2 amide bonds. The van der Waals surface area contributed by atoms with Gasteiger partial charge in [-0.15, -0.1) is 5.06 Å². The Morgan fingerprint density at radius 1 is 0.977 bits per heavy atom. The number of para-hydroxylation sites is 2. The number of nitrogens with zero attached hydrogens (tertiary/aromatic N) is 3. The molecular formula is C33H32N4O6. The highest BCUT2D eigenvalue weighted by molar-refractivity contribution is 6.39. The molecule has 8 rings (SSSR count). The molecule has 10 heteroatoms. The summed E-state index contributed by atoms with van der Waals surface area (Å²) in [6, 6.07) is 15.4. The summed E-state index contributed by atoms with van der Waals surface area (Å²) in [6.45, 7) is 7.45. The first kappa shape index (κ1) is 26.4. The molecule has 5 heterocycles. The molecule has 0 radical (unpaired) electrons. The van der Waals surface area contributed by atoms with Gasteiger partial charge in [0.1, 0.15) is 12.3 Å². The number of hydrogen-bond acceptors (Lipinski definition) is 7. The molecule has 0 aliphatic carbocycles. The second-order valence-electron chi connectivity index (χ2n) is 13.0. The number of carbonyl (C=O) groups is 3. The van der Waals surface area contributed by atoms with Gasteiger partial charge in [-0.25, -0.2) is 4.79 Å². The van der Waals surface area contributed by atoms with E-state index in [4.69, 9.17) is 14.3 Å². The Bertz CT molecular complexity index is 2080. The second-order valence-corrected chi connectivity index (χ2v) is 13.0. The number of methoxy groups -OCH3 is 1. The van der Waals surface area contributed by atoms with E-state index in [-0.39, 0.29) is 5.97 Å². The van der Waals surface area contributed by atoms with Gasteiger partial charge in [-0.1, -0.05) is 36.4 Å². The molecule has 3 aliphatic rings. The van der Waals surface area contributed by atoms with E-state index >= 15 is 0 Å². The van der Waals surface area contributed by atoms with Gasteiger partial charge in [0.15, 0.2) is 5.72 Å². The van der Waals surface area contributed by atoms with Gasteiger partial charge in [0.25, 0.3) is 11.8 Å². The third kappa shape index (κ3) is 3.20. The first-order valence-electron chi connectivity index (χ1n) is 14.5. The molecule has 3 aromatic carbocycles. The van der Waals surface area contributed by atoms with Crippen molar-refractivity contribution in [3.8, 4) is 0 Å². The van der Waals surface area contributed by atoms with Crippen LogP contribution < -0.4 is 5.32 Å². The molecule has 0 saturated carbocycles. The quantitative estimate of drug-likeness (QED) is 0.231. The zero-order valence-corrected chi connectivity index (χ0v) is 24.8. The monoisotopic (exact) mass is 580 g/mol. The summed E-state index contributed by atoms with van der Waals surface area (Å²) in [5, 5.41) is 7.32. The summed E-state index contributed by atoms with van der Waals surface area (Å²) in [5.41, 5.74) is 2.33. The molecule has 1 saturated heterocycles. The number of aromatic nitrogens is 2. The first-order chi connectivity index (χ1) is 20.5. The van der Waals surface area contributed by atoms with Crippen molar-refractivity contribution in [2.24, 2.45) is 5.41 Å². The lowest BCUT2D eigenvalue weighted by Crippen LogP contribution is -2.60. The highest BCUT2D eigenvalue weighted by Gasteiger charge is 2.55. The Kier molecular flexibility index (Phi) is 5.17. The highest BCUT2D eigenvalue weighted by atomic mass is 16.7. The van der Waals surface area contributed by atoms with E-state index in [2.05, 4.69) is 14.5 Å². The fourth-order valence-electron chi connectivity index (χ4n) is 7.62. The number of amides is 2. The van der Waals surface area contributed by atoms with Crippen molar-refractivity contribution in [2.75, 3.05) is 14.2 Å². The molecule has 10 nitrogen and oxygen atoms in total. The van der Waals surface area contributed by atoms with Crippen LogP contribution in [0.5, 0.6) is 0 Å². The third-order valence-electron chi connectivity index (χ3n) is 9.43. The summed E-state index contributed by atoms with van der Waals surface area (Å²) in [7, 11) is 3.40. The average molecular weight is 581 g/mol. The molecule has 1 fully saturated rings. The van der Waals surface area contributed by atoms with Crippen LogP contribution in [0.1, 0.15) is 61.1 Å². The number of imide groups is 1. The van der Waals surface area contributed by atoms with Gasteiger partial charge in [-0.2, -0.15) is 0 Å². The molecule has 3 aliphatic heterocycles. The van der Waals surface area contributed by atoms with Crippen LogP contribution >= 0.6 is 0 Å². The first-order valence-corrected chi connectivity index (χ1v) is 14.5. The van der Waals surface area contributed by atoms with Crippen LogP contribution in [0, 0.1) is 5.41 Å². The van der Waals surface area contributed by atoms with Gasteiger partial charge in [0.2, 0.25) is 0 Å². The molecule has 2 aromatic heterocycles. The summed E-state index contributed by atoms with van der Waals surface area (Å²) in [4.78, 5) is 46.0. The molecule has 220 valence electrons. The number of hydroxylamine groups is 2. The Balaban J connectivity index is 1.53. The van der Waals surface area contributed by atoms with Crippen molar-refractivity contribution in [3.63, 3.8) is 0 Å². The van der Waals surface area contributed by atoms with Crippen LogP contribution in [0.4, 0.5) is 0 Å². The average Bonchev–Trinajstić information content (AvgIpc) is 3.56. The maximum absolute atomic E-state index is 13.5. The van der Waals surface area contributed by atoms with Crippen molar-refractivity contribution < 1.29 is 28.7 Å². The summed E-state index contributed by atoms with van der Waals surface area (Å²) in [6.07, 6.45) is -0.669. The van der Waals surface area contributed by atoms with E-state index in [9.17, 15) is 14.4 Å². The van der Waals surface area contributed by atoms with Gasteiger partial charge in [-0.05, 0) is 39.8 Å². The van der Waals surface area contributed by atoms with Gasteiger partial charge in [0.05, 0.1) is 44.7 Å². The van der Waals surface area contributed by atoms with Gasteiger partial charge >= 0.3 is 5.97 Å². The van der Waals surface area contributed by atoms with Gasteiger partial charge < -0.3 is 23.4 Å². The zero-order valence-electron chi connectivity index (χ0n) is 24.8. The minimum absolute atomic E-state index is 0.351. The van der Waals surface area contributed by atoms with Crippen LogP contribution in [0.15, 0.2) is 48.5 Å². The number of ether oxygens (including phenoxy) is 2. The molecule has 1 N–H and O–H groups in total. The van der Waals surface area contributed by atoms with Crippen LogP contribution in [-0.2, 0) is 24.8 Å². The number of carbonyl (C=O) groups excluding carboxylic acids is 3. The van der Waals surface area contributed by atoms with Crippen molar-refractivity contribution in [1.82, 2.24) is 19.5 Å². The molecular weight excluding hydrogens is 548 g/mol. The van der Waals surface area contributed by atoms with E-state index in [0.717, 1.165) is 38.2 Å². The van der Waals surface area contributed by atoms with Crippen LogP contribution in [0.2, 0.25) is 0 Å². The van der Waals surface area contributed by atoms with E-state index in [1.165, 1.54) is 0 Å². The standard InChI is InChI=1S/C33H32N4O6/c1-32(2,3)31(40)43-35(5)20-15-21-36-18-13-9-7-11-16(18)22-24-25(30(39)34-29(24)38)23-17-12-8-10-14-19(17)37(27(23)26(22)36)33(4,42-21)28(20)41-6/h7-14,20-21,28H,15H2,1-6H3,(H,34,38,39)/t20-,21-,28-,33+/m0/s1. The van der Waals surface area contributed by atoms with Gasteiger partial charge in [0, 0.05) is 42.1 Å². The van der Waals surface area contributed by atoms with E-state index in [0.29, 0.717) is 22.9 Å². The highest BCUT2D eigenvalue weighted by Crippen LogP contribution is 2.54. The maximum Gasteiger partial charge on any atom is 0.330 e. The largest absolute Gasteiger partial charge is 0.375 e. The Hall–Kier alpha value is -4.25. The molecule has 4 atom stereocenters. The summed E-state index contributed by atoms with van der Waals surface area (Å²) in [5.74, 6) is -1.16. The van der Waals surface area contributed by atoms with Gasteiger partial charge in [-0.3, -0.25) is 14.9 Å². The van der Waals surface area contributed by atoms with Crippen molar-refractivity contribution in [3.05, 3.63) is 59.7 Å². The third-order valence-corrected chi connectivity index (χ3v) is 9.43. The molecule has 43 heavy (non-hydrogen) atoms. The summed E-state index contributed by atoms with van der Waals surface area (Å²) >= 11 is 0. The number of benzene rings is 3.